The van der Waals surface area contributed by atoms with Gasteiger partial charge in [-0.2, -0.15) is 0 Å². The number of benzene rings is 1. The number of hydrogen-bond acceptors (Lipinski definition) is 3. The Kier molecular flexibility index (Phi) is 4.11. The van der Waals surface area contributed by atoms with Gasteiger partial charge >= 0.3 is 5.97 Å². The van der Waals surface area contributed by atoms with Crippen molar-refractivity contribution in [2.45, 2.75) is 17.7 Å². The van der Waals surface area contributed by atoms with Crippen LogP contribution in [0.2, 0.25) is 5.02 Å². The highest BCUT2D eigenvalue weighted by Gasteiger charge is 2.19. The summed E-state index contributed by atoms with van der Waals surface area (Å²) in [5, 5.41) is 8.25. The molecular weight excluding hydrogens is 271 g/mol. The Bertz CT molecular complexity index is 530. The first-order valence-electron chi connectivity index (χ1n) is 4.61. The van der Waals surface area contributed by atoms with Crippen LogP contribution in [-0.2, 0) is 21.1 Å². The van der Waals surface area contributed by atoms with E-state index < -0.39 is 26.5 Å². The summed E-state index contributed by atoms with van der Waals surface area (Å²) in [5.41, 5.74) is 0.349. The minimum atomic E-state index is -3.74. The summed E-state index contributed by atoms with van der Waals surface area (Å²) in [6.07, 6.45) is 0.776. The van der Waals surface area contributed by atoms with E-state index in [-0.39, 0.29) is 17.9 Å². The lowest BCUT2D eigenvalue weighted by Crippen LogP contribution is -2.04. The van der Waals surface area contributed by atoms with Crippen molar-refractivity contribution in [3.63, 3.8) is 0 Å². The summed E-state index contributed by atoms with van der Waals surface area (Å²) in [5.74, 6) is -1.98. The first-order valence-corrected chi connectivity index (χ1v) is 6.88. The summed E-state index contributed by atoms with van der Waals surface area (Å²) in [6, 6.07) is 2.26. The third-order valence-electron chi connectivity index (χ3n) is 2.06. The minimum Gasteiger partial charge on any atom is -0.481 e. The maximum absolute atomic E-state index is 13.5. The van der Waals surface area contributed by atoms with E-state index >= 15 is 0 Å². The highest BCUT2D eigenvalue weighted by atomic mass is 35.5. The van der Waals surface area contributed by atoms with Gasteiger partial charge in [0.1, 0.15) is 10.7 Å². The highest BCUT2D eigenvalue weighted by molar-refractivity contribution is 7.90. The molecule has 1 aromatic carbocycles. The zero-order valence-electron chi connectivity index (χ0n) is 8.91. The van der Waals surface area contributed by atoms with Gasteiger partial charge in [0.25, 0.3) is 0 Å². The van der Waals surface area contributed by atoms with Crippen LogP contribution < -0.4 is 0 Å². The van der Waals surface area contributed by atoms with E-state index in [9.17, 15) is 17.6 Å². The summed E-state index contributed by atoms with van der Waals surface area (Å²) < 4.78 is 36.0. The molecule has 1 aromatic rings. The monoisotopic (exact) mass is 280 g/mol. The van der Waals surface area contributed by atoms with Gasteiger partial charge in [-0.1, -0.05) is 11.6 Å². The van der Waals surface area contributed by atoms with E-state index in [1.807, 2.05) is 0 Å². The average molecular weight is 281 g/mol. The molecule has 0 aliphatic rings. The number of hydrogen-bond donors (Lipinski definition) is 1. The van der Waals surface area contributed by atoms with Crippen LogP contribution in [0.4, 0.5) is 4.39 Å². The quantitative estimate of drug-likeness (QED) is 0.914. The Hall–Kier alpha value is -1.14. The number of rotatable bonds is 4. The smallest absolute Gasteiger partial charge is 0.303 e. The van der Waals surface area contributed by atoms with E-state index in [1.54, 1.807) is 0 Å². The van der Waals surface area contributed by atoms with E-state index in [2.05, 4.69) is 0 Å². The fourth-order valence-electron chi connectivity index (χ4n) is 1.36. The van der Waals surface area contributed by atoms with Crippen molar-refractivity contribution in [3.8, 4) is 0 Å². The SMILES string of the molecule is CS(=O)(=O)c1c(F)cc(CCC(=O)O)cc1Cl. The Balaban J connectivity index is 3.15. The standard InChI is InChI=1S/C10H10ClFO4S/c1-17(15,16)10-7(11)4-6(5-8(10)12)2-3-9(13)14/h4-5H,2-3H2,1H3,(H,13,14). The molecule has 1 rings (SSSR count). The number of aryl methyl sites for hydroxylation is 1. The van der Waals surface area contributed by atoms with Gasteiger partial charge in [-0.15, -0.1) is 0 Å². The van der Waals surface area contributed by atoms with Crippen LogP contribution in [0.5, 0.6) is 0 Å². The van der Waals surface area contributed by atoms with Gasteiger partial charge in [0.15, 0.2) is 9.84 Å². The van der Waals surface area contributed by atoms with Crippen LogP contribution in [-0.4, -0.2) is 25.7 Å². The number of carboxylic acids is 1. The highest BCUT2D eigenvalue weighted by Crippen LogP contribution is 2.26. The van der Waals surface area contributed by atoms with Gasteiger partial charge in [0.2, 0.25) is 0 Å². The first-order chi connectivity index (χ1) is 7.71. The van der Waals surface area contributed by atoms with Crippen LogP contribution in [0, 0.1) is 5.82 Å². The zero-order chi connectivity index (χ0) is 13.2. The lowest BCUT2D eigenvalue weighted by molar-refractivity contribution is -0.136. The molecule has 4 nitrogen and oxygen atoms in total. The number of sulfone groups is 1. The van der Waals surface area contributed by atoms with Gasteiger partial charge in [-0.3, -0.25) is 4.79 Å². The Morgan fingerprint density at radius 2 is 2.06 bits per heavy atom. The Labute approximate surface area is 103 Å². The molecule has 94 valence electrons. The predicted octanol–water partition coefficient (Wildman–Crippen LogP) is 1.90. The topological polar surface area (TPSA) is 71.4 Å². The average Bonchev–Trinajstić information content (AvgIpc) is 2.11. The molecule has 0 aromatic heterocycles. The van der Waals surface area contributed by atoms with Crippen molar-refractivity contribution in [2.24, 2.45) is 0 Å². The van der Waals surface area contributed by atoms with Crippen LogP contribution >= 0.6 is 11.6 Å². The molecule has 0 aliphatic heterocycles. The molecule has 0 atom stereocenters. The Morgan fingerprint density at radius 1 is 1.47 bits per heavy atom. The molecule has 0 radical (unpaired) electrons. The molecule has 1 N–H and O–H groups in total. The van der Waals surface area contributed by atoms with E-state index in [1.165, 1.54) is 6.07 Å². The summed E-state index contributed by atoms with van der Waals surface area (Å²) >= 11 is 5.67. The largest absolute Gasteiger partial charge is 0.481 e. The molecule has 17 heavy (non-hydrogen) atoms. The lowest BCUT2D eigenvalue weighted by atomic mass is 10.1. The molecule has 0 amide bonds. The third kappa shape index (κ3) is 3.67. The molecule has 0 heterocycles. The van der Waals surface area contributed by atoms with Crippen molar-refractivity contribution in [3.05, 3.63) is 28.5 Å². The molecule has 0 unspecified atom stereocenters. The number of carboxylic acid groups (broad SMARTS) is 1. The second-order valence-electron chi connectivity index (χ2n) is 3.55. The van der Waals surface area contributed by atoms with Crippen molar-refractivity contribution in [1.29, 1.82) is 0 Å². The van der Waals surface area contributed by atoms with Crippen LogP contribution in [0.15, 0.2) is 17.0 Å². The van der Waals surface area contributed by atoms with Gasteiger partial charge in [0.05, 0.1) is 5.02 Å². The van der Waals surface area contributed by atoms with E-state index in [0.717, 1.165) is 12.3 Å². The minimum absolute atomic E-state index is 0.0933. The molecule has 0 aliphatic carbocycles. The van der Waals surface area contributed by atoms with Gasteiger partial charge in [0, 0.05) is 12.7 Å². The van der Waals surface area contributed by atoms with Crippen LogP contribution in [0.1, 0.15) is 12.0 Å². The fourth-order valence-corrected chi connectivity index (χ4v) is 2.84. The number of halogens is 2. The van der Waals surface area contributed by atoms with Crippen molar-refractivity contribution >= 4 is 27.4 Å². The fraction of sp³-hybridized carbons (Fsp3) is 0.300. The normalized spacial score (nSPS) is 11.5. The van der Waals surface area contributed by atoms with Crippen molar-refractivity contribution in [1.82, 2.24) is 0 Å². The molecule has 0 bridgehead atoms. The predicted molar refractivity (Wildman–Crippen MR) is 60.5 cm³/mol. The second-order valence-corrected chi connectivity index (χ2v) is 5.91. The molecular formula is C10H10ClFO4S. The maximum Gasteiger partial charge on any atom is 0.303 e. The third-order valence-corrected chi connectivity index (χ3v) is 3.62. The molecule has 0 saturated heterocycles. The van der Waals surface area contributed by atoms with Crippen molar-refractivity contribution in [2.75, 3.05) is 6.26 Å². The summed E-state index contributed by atoms with van der Waals surface area (Å²) in [7, 11) is -3.74. The molecule has 0 fully saturated rings. The van der Waals surface area contributed by atoms with Gasteiger partial charge in [-0.05, 0) is 24.1 Å². The maximum atomic E-state index is 13.5. The second kappa shape index (κ2) is 5.01. The molecule has 0 spiro atoms. The lowest BCUT2D eigenvalue weighted by Gasteiger charge is -2.06. The summed E-state index contributed by atoms with van der Waals surface area (Å²) in [4.78, 5) is 9.79. The first kappa shape index (κ1) is 13.9. The zero-order valence-corrected chi connectivity index (χ0v) is 10.5. The van der Waals surface area contributed by atoms with Crippen LogP contribution in [0.3, 0.4) is 0 Å². The Morgan fingerprint density at radius 3 is 2.47 bits per heavy atom. The van der Waals surface area contributed by atoms with E-state index in [0.29, 0.717) is 5.56 Å². The van der Waals surface area contributed by atoms with Crippen LogP contribution in [0.25, 0.3) is 0 Å². The molecule has 0 saturated carbocycles. The number of carbonyl (C=O) groups is 1. The van der Waals surface area contributed by atoms with Crippen molar-refractivity contribution < 1.29 is 22.7 Å². The van der Waals surface area contributed by atoms with Gasteiger partial charge in [-0.25, -0.2) is 12.8 Å². The van der Waals surface area contributed by atoms with Gasteiger partial charge < -0.3 is 5.11 Å². The number of aliphatic carboxylic acids is 1. The summed E-state index contributed by atoms with van der Waals surface area (Å²) in [6.45, 7) is 0. The molecule has 7 heteroatoms. The van der Waals surface area contributed by atoms with E-state index in [4.69, 9.17) is 16.7 Å².